The van der Waals surface area contributed by atoms with E-state index in [1.807, 2.05) is 0 Å². The highest BCUT2D eigenvalue weighted by Crippen LogP contribution is 2.22. The first-order valence-electron chi connectivity index (χ1n) is 7.56. The minimum absolute atomic E-state index is 0.128. The third kappa shape index (κ3) is 4.81. The summed E-state index contributed by atoms with van der Waals surface area (Å²) < 4.78 is 22.8. The van der Waals surface area contributed by atoms with E-state index in [0.29, 0.717) is 21.8 Å². The summed E-state index contributed by atoms with van der Waals surface area (Å²) in [6, 6.07) is 9.07. The average Bonchev–Trinajstić information content (AvgIpc) is 2.56. The summed E-state index contributed by atoms with van der Waals surface area (Å²) in [6.07, 6.45) is 0. The summed E-state index contributed by atoms with van der Waals surface area (Å²) in [7, 11) is -3.93. The SMILES string of the molecule is Cc1ccc(S(N)(=O)=O)cc1C(=O)NCC(=O)Nc1cccc(Cl)c1C. The Balaban J connectivity index is 2.07. The van der Waals surface area contributed by atoms with Gasteiger partial charge in [-0.3, -0.25) is 9.59 Å². The maximum Gasteiger partial charge on any atom is 0.252 e. The van der Waals surface area contributed by atoms with E-state index >= 15 is 0 Å². The first-order chi connectivity index (χ1) is 12.1. The lowest BCUT2D eigenvalue weighted by molar-refractivity contribution is -0.115. The van der Waals surface area contributed by atoms with Crippen LogP contribution in [0.4, 0.5) is 5.69 Å². The van der Waals surface area contributed by atoms with E-state index in [1.165, 1.54) is 18.2 Å². The van der Waals surface area contributed by atoms with Crippen LogP contribution < -0.4 is 15.8 Å². The second-order valence-electron chi connectivity index (χ2n) is 5.66. The molecule has 9 heteroatoms. The van der Waals surface area contributed by atoms with Gasteiger partial charge < -0.3 is 10.6 Å². The van der Waals surface area contributed by atoms with Gasteiger partial charge in [-0.1, -0.05) is 23.7 Å². The Morgan fingerprint density at radius 1 is 1.15 bits per heavy atom. The zero-order valence-electron chi connectivity index (χ0n) is 14.2. The number of benzene rings is 2. The molecule has 2 aromatic carbocycles. The van der Waals surface area contributed by atoms with Gasteiger partial charge in [-0.05, 0) is 49.2 Å². The van der Waals surface area contributed by atoms with Gasteiger partial charge in [0.25, 0.3) is 5.91 Å². The van der Waals surface area contributed by atoms with Crippen molar-refractivity contribution in [3.63, 3.8) is 0 Å². The van der Waals surface area contributed by atoms with Crippen LogP contribution in [0, 0.1) is 13.8 Å². The number of nitrogens with two attached hydrogens (primary N) is 1. The molecule has 4 N–H and O–H groups in total. The topological polar surface area (TPSA) is 118 Å². The van der Waals surface area contributed by atoms with Crippen molar-refractivity contribution in [1.82, 2.24) is 5.32 Å². The van der Waals surface area contributed by atoms with Gasteiger partial charge in [-0.2, -0.15) is 0 Å². The molecule has 0 radical (unpaired) electrons. The smallest absolute Gasteiger partial charge is 0.252 e. The molecule has 0 heterocycles. The average molecular weight is 396 g/mol. The molecule has 2 rings (SSSR count). The molecule has 0 aliphatic rings. The highest BCUT2D eigenvalue weighted by molar-refractivity contribution is 7.89. The Kier molecular flexibility index (Phi) is 6.01. The summed E-state index contributed by atoms with van der Waals surface area (Å²) in [6.45, 7) is 3.12. The third-order valence-electron chi connectivity index (χ3n) is 3.73. The van der Waals surface area contributed by atoms with E-state index in [0.717, 1.165) is 0 Å². The quantitative estimate of drug-likeness (QED) is 0.717. The Labute approximate surface area is 156 Å². The van der Waals surface area contributed by atoms with Crippen LogP contribution in [-0.2, 0) is 14.8 Å². The number of nitrogens with one attached hydrogen (secondary N) is 2. The Morgan fingerprint density at radius 3 is 2.50 bits per heavy atom. The van der Waals surface area contributed by atoms with Gasteiger partial charge in [0, 0.05) is 16.3 Å². The van der Waals surface area contributed by atoms with E-state index in [1.54, 1.807) is 32.0 Å². The molecular formula is C17H18ClN3O4S. The van der Waals surface area contributed by atoms with Gasteiger partial charge in [0.2, 0.25) is 15.9 Å². The standard InChI is InChI=1S/C17H18ClN3O4S/c1-10-6-7-12(26(19,24)25)8-13(10)17(23)20-9-16(22)21-15-5-3-4-14(18)11(15)2/h3-8H,9H2,1-2H3,(H,20,23)(H,21,22)(H2,19,24,25). The van der Waals surface area contributed by atoms with Crippen molar-refractivity contribution in [1.29, 1.82) is 0 Å². The second-order valence-corrected chi connectivity index (χ2v) is 7.63. The van der Waals surface area contributed by atoms with E-state index in [-0.39, 0.29) is 17.0 Å². The number of carbonyl (C=O) groups is 2. The lowest BCUT2D eigenvalue weighted by Gasteiger charge is -2.11. The van der Waals surface area contributed by atoms with E-state index in [2.05, 4.69) is 10.6 Å². The zero-order valence-corrected chi connectivity index (χ0v) is 15.7. The van der Waals surface area contributed by atoms with Crippen LogP contribution >= 0.6 is 11.6 Å². The lowest BCUT2D eigenvalue weighted by atomic mass is 10.1. The lowest BCUT2D eigenvalue weighted by Crippen LogP contribution is -2.33. The van der Waals surface area contributed by atoms with Crippen molar-refractivity contribution < 1.29 is 18.0 Å². The predicted molar refractivity (Wildman–Crippen MR) is 99.7 cm³/mol. The predicted octanol–water partition coefficient (Wildman–Crippen LogP) is 1.97. The number of sulfonamides is 1. The van der Waals surface area contributed by atoms with Crippen LogP contribution in [0.2, 0.25) is 5.02 Å². The van der Waals surface area contributed by atoms with Crippen LogP contribution in [0.5, 0.6) is 0 Å². The number of amides is 2. The first kappa shape index (κ1) is 19.9. The van der Waals surface area contributed by atoms with E-state index in [9.17, 15) is 18.0 Å². The van der Waals surface area contributed by atoms with Crippen LogP contribution in [0.25, 0.3) is 0 Å². The van der Waals surface area contributed by atoms with E-state index in [4.69, 9.17) is 16.7 Å². The maximum absolute atomic E-state index is 12.3. The molecular weight excluding hydrogens is 378 g/mol. The van der Waals surface area contributed by atoms with Crippen molar-refractivity contribution in [2.24, 2.45) is 5.14 Å². The number of rotatable bonds is 5. The molecule has 0 aromatic heterocycles. The molecule has 0 aliphatic carbocycles. The normalized spacial score (nSPS) is 11.1. The number of hydrogen-bond acceptors (Lipinski definition) is 4. The fraction of sp³-hybridized carbons (Fsp3) is 0.176. The largest absolute Gasteiger partial charge is 0.343 e. The van der Waals surface area contributed by atoms with Gasteiger partial charge in [-0.25, -0.2) is 13.6 Å². The minimum Gasteiger partial charge on any atom is -0.343 e. The Morgan fingerprint density at radius 2 is 1.85 bits per heavy atom. The molecule has 7 nitrogen and oxygen atoms in total. The summed E-state index contributed by atoms with van der Waals surface area (Å²) in [5.41, 5.74) is 1.94. The molecule has 0 spiro atoms. The van der Waals surface area contributed by atoms with Gasteiger partial charge in [0.05, 0.1) is 11.4 Å². The maximum atomic E-state index is 12.3. The fourth-order valence-corrected chi connectivity index (χ4v) is 2.93. The Bertz CT molecular complexity index is 974. The van der Waals surface area contributed by atoms with Gasteiger partial charge in [-0.15, -0.1) is 0 Å². The van der Waals surface area contributed by atoms with Crippen LogP contribution in [-0.4, -0.2) is 26.8 Å². The summed E-state index contributed by atoms with van der Waals surface area (Å²) in [5, 5.41) is 10.7. The van der Waals surface area contributed by atoms with Crippen LogP contribution in [0.15, 0.2) is 41.3 Å². The Hall–Kier alpha value is -2.42. The molecule has 0 unspecified atom stereocenters. The number of anilines is 1. The molecule has 26 heavy (non-hydrogen) atoms. The van der Waals surface area contributed by atoms with Gasteiger partial charge in [0.1, 0.15) is 0 Å². The zero-order chi connectivity index (χ0) is 19.5. The first-order valence-corrected chi connectivity index (χ1v) is 9.48. The summed E-state index contributed by atoms with van der Waals surface area (Å²) in [4.78, 5) is 24.1. The number of carbonyl (C=O) groups excluding carboxylic acids is 2. The minimum atomic E-state index is -3.93. The van der Waals surface area contributed by atoms with Gasteiger partial charge in [0.15, 0.2) is 0 Å². The second kappa shape index (κ2) is 7.86. The number of halogens is 1. The van der Waals surface area contributed by atoms with Crippen molar-refractivity contribution >= 4 is 39.1 Å². The number of hydrogen-bond donors (Lipinski definition) is 3. The molecule has 0 atom stereocenters. The third-order valence-corrected chi connectivity index (χ3v) is 5.05. The fourth-order valence-electron chi connectivity index (χ4n) is 2.22. The number of primary sulfonamides is 1. The van der Waals surface area contributed by atoms with Crippen molar-refractivity contribution in [3.05, 3.63) is 58.1 Å². The molecule has 0 fully saturated rings. The summed E-state index contributed by atoms with van der Waals surface area (Å²) >= 11 is 5.99. The van der Waals surface area contributed by atoms with Gasteiger partial charge >= 0.3 is 0 Å². The molecule has 2 amide bonds. The number of aryl methyl sites for hydroxylation is 1. The van der Waals surface area contributed by atoms with Crippen LogP contribution in [0.1, 0.15) is 21.5 Å². The summed E-state index contributed by atoms with van der Waals surface area (Å²) in [5.74, 6) is -1.02. The molecule has 0 saturated carbocycles. The van der Waals surface area contributed by atoms with Crippen molar-refractivity contribution in [3.8, 4) is 0 Å². The highest BCUT2D eigenvalue weighted by atomic mass is 35.5. The molecule has 0 bridgehead atoms. The molecule has 0 saturated heterocycles. The highest BCUT2D eigenvalue weighted by Gasteiger charge is 2.16. The molecule has 0 aliphatic heterocycles. The van der Waals surface area contributed by atoms with Crippen molar-refractivity contribution in [2.75, 3.05) is 11.9 Å². The molecule has 2 aromatic rings. The van der Waals surface area contributed by atoms with Crippen LogP contribution in [0.3, 0.4) is 0 Å². The van der Waals surface area contributed by atoms with E-state index < -0.39 is 21.8 Å². The monoisotopic (exact) mass is 395 g/mol. The van der Waals surface area contributed by atoms with Crippen molar-refractivity contribution in [2.45, 2.75) is 18.7 Å². The molecule has 138 valence electrons.